The Morgan fingerprint density at radius 3 is 1.48 bits per heavy atom. The second-order valence-electron chi connectivity index (χ2n) is 4.85. The number of hydrogen-bond donors (Lipinski definition) is 0. The molecular formula is C18H12N4O. The highest BCUT2D eigenvalue weighted by molar-refractivity contribution is 6.09. The van der Waals surface area contributed by atoms with Gasteiger partial charge in [-0.25, -0.2) is 9.98 Å². The molecule has 0 radical (unpaired) electrons. The molecule has 0 bridgehead atoms. The summed E-state index contributed by atoms with van der Waals surface area (Å²) in [5.41, 5.74) is 2.76. The maximum Gasteiger partial charge on any atom is 0.247 e. The van der Waals surface area contributed by atoms with Gasteiger partial charge in [0.15, 0.2) is 0 Å². The molecule has 0 N–H and O–H groups in total. The highest BCUT2D eigenvalue weighted by Crippen LogP contribution is 2.31. The van der Waals surface area contributed by atoms with E-state index >= 15 is 0 Å². The van der Waals surface area contributed by atoms with Gasteiger partial charge in [-0.3, -0.25) is 9.97 Å². The molecule has 0 spiro atoms. The van der Waals surface area contributed by atoms with E-state index in [2.05, 4.69) is 20.0 Å². The Kier molecular flexibility index (Phi) is 3.37. The van der Waals surface area contributed by atoms with Gasteiger partial charge in [0.25, 0.3) is 0 Å². The fraction of sp³-hybridized carbons (Fsp3) is 0. The number of nitrogens with zero attached hydrogens (tertiary/aromatic N) is 4. The maximum absolute atomic E-state index is 5.94. The summed E-state index contributed by atoms with van der Waals surface area (Å²) in [7, 11) is 0. The van der Waals surface area contributed by atoms with Gasteiger partial charge in [0.05, 0.1) is 11.4 Å². The molecule has 0 unspecified atom stereocenters. The average molecular weight is 300 g/mol. The molecule has 110 valence electrons. The highest BCUT2D eigenvalue weighted by Gasteiger charge is 2.18. The summed E-state index contributed by atoms with van der Waals surface area (Å²) >= 11 is 0. The van der Waals surface area contributed by atoms with Crippen LogP contribution < -0.4 is 0 Å². The zero-order chi connectivity index (χ0) is 15.5. The summed E-state index contributed by atoms with van der Waals surface area (Å²) in [6, 6.07) is 18.8. The van der Waals surface area contributed by atoms with Crippen LogP contribution in [-0.2, 0) is 4.74 Å². The SMILES string of the molecule is c1ccc(C2=Nc3ccccc3N=C(c3ccccn3)O2)nc1. The molecule has 3 aromatic rings. The van der Waals surface area contributed by atoms with E-state index in [0.717, 1.165) is 11.4 Å². The van der Waals surface area contributed by atoms with Crippen molar-refractivity contribution in [2.45, 2.75) is 0 Å². The van der Waals surface area contributed by atoms with E-state index in [1.807, 2.05) is 60.7 Å². The number of aliphatic imine (C=N–C) groups is 2. The first kappa shape index (κ1) is 13.3. The van der Waals surface area contributed by atoms with Crippen molar-refractivity contribution in [2.24, 2.45) is 9.98 Å². The van der Waals surface area contributed by atoms with Crippen molar-refractivity contribution in [3.05, 3.63) is 84.4 Å². The standard InChI is InChI=1S/C18H12N4O/c1-2-8-14-13(7-1)21-17(15-9-3-5-11-19-15)23-18(22-14)16-10-4-6-12-20-16/h1-12H. The van der Waals surface area contributed by atoms with E-state index in [9.17, 15) is 0 Å². The van der Waals surface area contributed by atoms with Crippen molar-refractivity contribution in [2.75, 3.05) is 0 Å². The first-order valence-electron chi connectivity index (χ1n) is 7.17. The Morgan fingerprint density at radius 2 is 1.04 bits per heavy atom. The van der Waals surface area contributed by atoms with Gasteiger partial charge in [0.1, 0.15) is 11.4 Å². The van der Waals surface area contributed by atoms with Crippen molar-refractivity contribution < 1.29 is 4.74 Å². The van der Waals surface area contributed by atoms with Crippen LogP contribution >= 0.6 is 0 Å². The molecule has 1 aliphatic heterocycles. The smallest absolute Gasteiger partial charge is 0.247 e. The third-order valence-electron chi connectivity index (χ3n) is 3.29. The molecule has 0 aliphatic carbocycles. The molecule has 3 heterocycles. The van der Waals surface area contributed by atoms with Gasteiger partial charge in [-0.05, 0) is 36.4 Å². The summed E-state index contributed by atoms with van der Waals surface area (Å²) in [5.74, 6) is 0.805. The monoisotopic (exact) mass is 300 g/mol. The number of ether oxygens (including phenoxy) is 1. The first-order chi connectivity index (χ1) is 11.4. The number of para-hydroxylation sites is 2. The zero-order valence-corrected chi connectivity index (χ0v) is 12.1. The molecule has 2 aromatic heterocycles. The lowest BCUT2D eigenvalue weighted by Gasteiger charge is -2.07. The summed E-state index contributed by atoms with van der Waals surface area (Å²) in [4.78, 5) is 17.8. The van der Waals surface area contributed by atoms with E-state index < -0.39 is 0 Å². The fourth-order valence-electron chi connectivity index (χ4n) is 2.21. The number of pyridine rings is 2. The number of rotatable bonds is 2. The molecular weight excluding hydrogens is 288 g/mol. The highest BCUT2D eigenvalue weighted by atomic mass is 16.5. The Morgan fingerprint density at radius 1 is 0.565 bits per heavy atom. The lowest BCUT2D eigenvalue weighted by Crippen LogP contribution is -2.15. The molecule has 0 saturated heterocycles. The average Bonchev–Trinajstić information content (AvgIpc) is 2.83. The summed E-state index contributed by atoms with van der Waals surface area (Å²) in [6.45, 7) is 0. The number of hydrogen-bond acceptors (Lipinski definition) is 5. The Hall–Kier alpha value is -3.34. The van der Waals surface area contributed by atoms with Crippen LogP contribution in [0.25, 0.3) is 0 Å². The predicted octanol–water partition coefficient (Wildman–Crippen LogP) is 3.66. The first-order valence-corrected chi connectivity index (χ1v) is 7.17. The minimum absolute atomic E-state index is 0.403. The summed E-state index contributed by atoms with van der Waals surface area (Å²) in [5, 5.41) is 0. The van der Waals surface area contributed by atoms with Crippen LogP contribution in [0.4, 0.5) is 11.4 Å². The zero-order valence-electron chi connectivity index (χ0n) is 12.1. The van der Waals surface area contributed by atoms with Crippen LogP contribution in [0.3, 0.4) is 0 Å². The summed E-state index contributed by atoms with van der Waals surface area (Å²) < 4.78 is 5.94. The molecule has 5 heteroatoms. The van der Waals surface area contributed by atoms with Crippen LogP contribution in [0.1, 0.15) is 11.4 Å². The van der Waals surface area contributed by atoms with Crippen molar-refractivity contribution in [1.29, 1.82) is 0 Å². The quantitative estimate of drug-likeness (QED) is 0.725. The number of benzene rings is 1. The second kappa shape index (κ2) is 5.81. The number of fused-ring (bicyclic) bond motifs is 1. The van der Waals surface area contributed by atoms with E-state index in [-0.39, 0.29) is 0 Å². The van der Waals surface area contributed by atoms with Crippen molar-refractivity contribution in [3.8, 4) is 0 Å². The van der Waals surface area contributed by atoms with E-state index in [1.165, 1.54) is 0 Å². The van der Waals surface area contributed by atoms with Gasteiger partial charge in [-0.2, -0.15) is 0 Å². The van der Waals surface area contributed by atoms with Gasteiger partial charge in [0.2, 0.25) is 11.8 Å². The number of aromatic nitrogens is 2. The largest absolute Gasteiger partial charge is 0.416 e. The third kappa shape index (κ3) is 2.72. The van der Waals surface area contributed by atoms with Gasteiger partial charge >= 0.3 is 0 Å². The molecule has 1 aromatic carbocycles. The topological polar surface area (TPSA) is 59.7 Å². The van der Waals surface area contributed by atoms with Gasteiger partial charge in [-0.1, -0.05) is 24.3 Å². The maximum atomic E-state index is 5.94. The van der Waals surface area contributed by atoms with Crippen LogP contribution in [0.5, 0.6) is 0 Å². The van der Waals surface area contributed by atoms with E-state index in [0.29, 0.717) is 23.2 Å². The second-order valence-corrected chi connectivity index (χ2v) is 4.85. The lowest BCUT2D eigenvalue weighted by atomic mass is 10.2. The molecule has 0 atom stereocenters. The van der Waals surface area contributed by atoms with Gasteiger partial charge in [0, 0.05) is 12.4 Å². The predicted molar refractivity (Wildman–Crippen MR) is 88.4 cm³/mol. The van der Waals surface area contributed by atoms with Crippen LogP contribution in [-0.4, -0.2) is 21.8 Å². The van der Waals surface area contributed by atoms with Gasteiger partial charge in [-0.15, -0.1) is 0 Å². The minimum atomic E-state index is 0.403. The molecule has 4 rings (SSSR count). The van der Waals surface area contributed by atoms with Crippen molar-refractivity contribution >= 4 is 23.2 Å². The molecule has 23 heavy (non-hydrogen) atoms. The normalized spacial score (nSPS) is 13.2. The minimum Gasteiger partial charge on any atom is -0.416 e. The third-order valence-corrected chi connectivity index (χ3v) is 3.29. The summed E-state index contributed by atoms with van der Waals surface area (Å²) in [6.07, 6.45) is 3.41. The Bertz CT molecular complexity index is 815. The Balaban J connectivity index is 1.87. The van der Waals surface area contributed by atoms with E-state index in [4.69, 9.17) is 4.74 Å². The van der Waals surface area contributed by atoms with Crippen molar-refractivity contribution in [1.82, 2.24) is 9.97 Å². The lowest BCUT2D eigenvalue weighted by molar-refractivity contribution is 0.546. The molecule has 0 saturated carbocycles. The molecule has 0 fully saturated rings. The van der Waals surface area contributed by atoms with Gasteiger partial charge < -0.3 is 4.74 Å². The van der Waals surface area contributed by atoms with Crippen molar-refractivity contribution in [3.63, 3.8) is 0 Å². The van der Waals surface area contributed by atoms with Crippen LogP contribution in [0, 0.1) is 0 Å². The van der Waals surface area contributed by atoms with E-state index in [1.54, 1.807) is 12.4 Å². The molecule has 5 nitrogen and oxygen atoms in total. The molecule has 0 amide bonds. The van der Waals surface area contributed by atoms with Crippen LogP contribution in [0.2, 0.25) is 0 Å². The molecule has 1 aliphatic rings. The van der Waals surface area contributed by atoms with Crippen LogP contribution in [0.15, 0.2) is 83.0 Å². The Labute approximate surface area is 133 Å². The fourth-order valence-corrected chi connectivity index (χ4v) is 2.21.